The van der Waals surface area contributed by atoms with Crippen molar-refractivity contribution in [3.63, 3.8) is 0 Å². The molecular weight excluding hydrogens is 728 g/mol. The zero-order valence-electron chi connectivity index (χ0n) is 36.0. The molecule has 0 aliphatic carbocycles. The lowest BCUT2D eigenvalue weighted by Crippen LogP contribution is -2.61. The summed E-state index contributed by atoms with van der Waals surface area (Å²) in [5.41, 5.74) is -3.54. The van der Waals surface area contributed by atoms with Gasteiger partial charge in [0.2, 0.25) is 5.91 Å². The Kier molecular flexibility index (Phi) is 15.6. The fourth-order valence-corrected chi connectivity index (χ4v) is 9.21. The molecule has 5 saturated heterocycles. The minimum atomic E-state index is -1.82. The molecular formula is C41H72N2O13. The van der Waals surface area contributed by atoms with Crippen molar-refractivity contribution in [2.45, 2.75) is 185 Å². The quantitative estimate of drug-likeness (QED) is 0.218. The Bertz CT molecular complexity index is 1350. The minimum Gasteiger partial charge on any atom is -0.459 e. The van der Waals surface area contributed by atoms with Gasteiger partial charge in [0.15, 0.2) is 12.6 Å². The van der Waals surface area contributed by atoms with Crippen molar-refractivity contribution in [3.8, 4) is 0 Å². The van der Waals surface area contributed by atoms with Crippen LogP contribution >= 0.6 is 0 Å². The van der Waals surface area contributed by atoms with Crippen molar-refractivity contribution in [1.29, 1.82) is 0 Å². The summed E-state index contributed by atoms with van der Waals surface area (Å²) in [5, 5.41) is 38.1. The van der Waals surface area contributed by atoms with Crippen LogP contribution in [0, 0.1) is 17.8 Å². The summed E-state index contributed by atoms with van der Waals surface area (Å²) in [4.78, 5) is 30.4. The van der Waals surface area contributed by atoms with Crippen molar-refractivity contribution >= 4 is 11.9 Å². The number of carbonyl (C=O) groups is 2. The average Bonchev–Trinajstić information content (AvgIpc) is 3.12. The molecule has 0 spiro atoms. The summed E-state index contributed by atoms with van der Waals surface area (Å²) >= 11 is 0. The molecule has 5 heterocycles. The normalized spacial score (nSPS) is 47.9. The van der Waals surface area contributed by atoms with Crippen LogP contribution in [-0.4, -0.2) is 157 Å². The number of nitrogens with zero attached hydrogens (tertiary/aromatic N) is 1. The van der Waals surface area contributed by atoms with Crippen LogP contribution in [0.3, 0.4) is 0 Å². The lowest BCUT2D eigenvalue weighted by Gasteiger charge is -2.50. The first-order valence-corrected chi connectivity index (χ1v) is 20.3. The molecule has 0 aromatic heterocycles. The van der Waals surface area contributed by atoms with Crippen LogP contribution in [0.25, 0.3) is 0 Å². The number of ether oxygens (including phenoxy) is 8. The van der Waals surface area contributed by atoms with Crippen LogP contribution in [0.2, 0.25) is 0 Å². The van der Waals surface area contributed by atoms with Gasteiger partial charge >= 0.3 is 5.97 Å². The number of carbonyl (C=O) groups excluding carboxylic acids is 2. The maximum Gasteiger partial charge on any atom is 0.311 e. The Hall–Kier alpha value is -1.76. The predicted octanol–water partition coefficient (Wildman–Crippen LogP) is 2.70. The van der Waals surface area contributed by atoms with Crippen molar-refractivity contribution in [2.75, 3.05) is 34.4 Å². The molecule has 324 valence electrons. The molecule has 5 aliphatic heterocycles. The lowest BCUT2D eigenvalue weighted by molar-refractivity contribution is -0.320. The molecule has 56 heavy (non-hydrogen) atoms. The Morgan fingerprint density at radius 2 is 1.62 bits per heavy atom. The highest BCUT2D eigenvalue weighted by molar-refractivity contribution is 5.79. The highest BCUT2D eigenvalue weighted by Crippen LogP contribution is 2.41. The fourth-order valence-electron chi connectivity index (χ4n) is 9.21. The van der Waals surface area contributed by atoms with E-state index in [9.17, 15) is 24.9 Å². The van der Waals surface area contributed by atoms with Gasteiger partial charge in [-0.1, -0.05) is 27.4 Å². The standard InChI is InChI=1S/C41H72N2O13/c1-15-29-41(11,48)35-26(7)36(46)42-22(3)17-40(10,51-20-21(2)19-50-35)34(56-38-31(44)28(43(12)13)16-23(4)52-38)24(5)32(25(6)37(47)54-29)55-30-18-39(9,49-14)33(45)27(8)53-30/h22-35,38,44-45,48H,2,15-20H2,1,3-14H3,(H,42,46)/t22-,23-,24+,25-,26-,27+,28+,29-,30+,31-,32+,33+,34-,35-,38+,39-,40-,41-/m1/s1. The molecule has 0 unspecified atom stereocenters. The highest BCUT2D eigenvalue weighted by atomic mass is 16.7. The van der Waals surface area contributed by atoms with Gasteiger partial charge < -0.3 is 63.4 Å². The largest absolute Gasteiger partial charge is 0.459 e. The topological polar surface area (TPSA) is 184 Å². The number of fused-ring (bicyclic) bond motifs is 15. The zero-order chi connectivity index (χ0) is 42.1. The molecule has 5 fully saturated rings. The number of hydrogen-bond donors (Lipinski definition) is 4. The summed E-state index contributed by atoms with van der Waals surface area (Å²) in [5.74, 6) is -3.61. The number of esters is 1. The number of aliphatic hydroxyl groups excluding tert-OH is 2. The fraction of sp³-hybridized carbons (Fsp3) is 0.902. The summed E-state index contributed by atoms with van der Waals surface area (Å²) in [6, 6.07) is -0.781. The Labute approximate surface area is 334 Å². The molecule has 0 saturated carbocycles. The molecule has 0 aromatic rings. The maximum atomic E-state index is 14.5. The maximum absolute atomic E-state index is 14.5. The third kappa shape index (κ3) is 10.2. The van der Waals surface area contributed by atoms with Gasteiger partial charge in [0.1, 0.15) is 30.0 Å². The average molecular weight is 801 g/mol. The van der Waals surface area contributed by atoms with Gasteiger partial charge in [0.25, 0.3) is 0 Å². The number of rotatable bonds is 7. The molecule has 0 radical (unpaired) electrons. The van der Waals surface area contributed by atoms with Crippen LogP contribution in [0.15, 0.2) is 12.2 Å². The number of likely N-dealkylation sites (N-methyl/N-ethyl adjacent to an activating group) is 1. The van der Waals surface area contributed by atoms with E-state index < -0.39 is 102 Å². The Morgan fingerprint density at radius 1 is 0.964 bits per heavy atom. The van der Waals surface area contributed by atoms with Gasteiger partial charge in [-0.15, -0.1) is 0 Å². The summed E-state index contributed by atoms with van der Waals surface area (Å²) in [6.45, 7) is 21.9. The van der Waals surface area contributed by atoms with E-state index in [2.05, 4.69) is 11.9 Å². The minimum absolute atomic E-state index is 0.0266. The first-order valence-electron chi connectivity index (χ1n) is 20.3. The van der Waals surface area contributed by atoms with E-state index in [4.69, 9.17) is 37.9 Å². The Morgan fingerprint density at radius 3 is 2.23 bits per heavy atom. The third-order valence-corrected chi connectivity index (χ3v) is 12.7. The second kappa shape index (κ2) is 18.7. The van der Waals surface area contributed by atoms with Gasteiger partial charge in [-0.3, -0.25) is 9.59 Å². The second-order valence-corrected chi connectivity index (χ2v) is 17.9. The number of methoxy groups -OCH3 is 1. The smallest absolute Gasteiger partial charge is 0.311 e. The molecule has 5 rings (SSSR count). The highest BCUT2D eigenvalue weighted by Gasteiger charge is 2.54. The number of hydrogen-bond acceptors (Lipinski definition) is 14. The van der Waals surface area contributed by atoms with Crippen LogP contribution in [0.5, 0.6) is 0 Å². The SMILES string of the molecule is C=C1CO[C@@H]2[C@@H](C)C(=O)N[C@H](C)C[C@@](C)(OC1)[C@H](O[C@@H]1O[C@H](C)C[C@H](N(C)C)[C@H]1O)[C@@H](C)[C@H](O[C@H]1C[C@@](C)(OC)[C@@H](O)[C@H](C)O1)[C@@H](C)C(=O)O[C@H](CC)[C@@]2(C)O. The molecule has 1 amide bonds. The monoisotopic (exact) mass is 801 g/mol. The van der Waals surface area contributed by atoms with E-state index in [0.717, 1.165) is 0 Å². The number of amides is 1. The molecule has 0 aromatic carbocycles. The van der Waals surface area contributed by atoms with Gasteiger partial charge in [0, 0.05) is 31.5 Å². The van der Waals surface area contributed by atoms with Crippen LogP contribution in [-0.2, 0) is 47.5 Å². The zero-order valence-corrected chi connectivity index (χ0v) is 36.0. The molecule has 15 nitrogen and oxygen atoms in total. The van der Waals surface area contributed by atoms with Crippen LogP contribution in [0.1, 0.15) is 94.9 Å². The predicted molar refractivity (Wildman–Crippen MR) is 206 cm³/mol. The summed E-state index contributed by atoms with van der Waals surface area (Å²) in [6.07, 6.45) is -8.00. The Balaban J connectivity index is 1.94. The van der Waals surface area contributed by atoms with Crippen LogP contribution in [0.4, 0.5) is 0 Å². The molecule has 4 N–H and O–H groups in total. The first kappa shape index (κ1) is 46.9. The van der Waals surface area contributed by atoms with Gasteiger partial charge in [-0.05, 0) is 87.4 Å². The van der Waals surface area contributed by atoms with Crippen molar-refractivity contribution in [3.05, 3.63) is 12.2 Å². The number of aliphatic hydroxyl groups is 3. The molecule has 5 aliphatic rings. The van der Waals surface area contributed by atoms with Crippen molar-refractivity contribution < 1.29 is 62.8 Å². The van der Waals surface area contributed by atoms with E-state index in [-0.39, 0.29) is 50.5 Å². The third-order valence-electron chi connectivity index (χ3n) is 12.7. The van der Waals surface area contributed by atoms with E-state index in [1.807, 2.05) is 46.7 Å². The van der Waals surface area contributed by atoms with E-state index in [1.54, 1.807) is 34.6 Å². The van der Waals surface area contributed by atoms with Crippen molar-refractivity contribution in [2.24, 2.45) is 17.8 Å². The van der Waals surface area contributed by atoms with E-state index in [1.165, 1.54) is 14.0 Å². The molecule has 18 atom stereocenters. The van der Waals surface area contributed by atoms with Crippen molar-refractivity contribution in [1.82, 2.24) is 10.2 Å². The molecule has 15 heteroatoms. The lowest BCUT2D eigenvalue weighted by atomic mass is 9.78. The van der Waals surface area contributed by atoms with E-state index >= 15 is 0 Å². The van der Waals surface area contributed by atoms with Gasteiger partial charge in [-0.2, -0.15) is 0 Å². The second-order valence-electron chi connectivity index (χ2n) is 17.9. The van der Waals surface area contributed by atoms with E-state index in [0.29, 0.717) is 12.0 Å². The summed E-state index contributed by atoms with van der Waals surface area (Å²) < 4.78 is 51.5. The number of nitrogens with one attached hydrogen (secondary N) is 1. The van der Waals surface area contributed by atoms with Gasteiger partial charge in [0.05, 0.1) is 60.7 Å². The first-order chi connectivity index (χ1) is 26.0. The van der Waals surface area contributed by atoms with Crippen LogP contribution < -0.4 is 5.32 Å². The van der Waals surface area contributed by atoms with Gasteiger partial charge in [-0.25, -0.2) is 0 Å². The summed E-state index contributed by atoms with van der Waals surface area (Å²) in [7, 11) is 5.30. The molecule has 2 bridgehead atoms.